The van der Waals surface area contributed by atoms with E-state index in [4.69, 9.17) is 9.97 Å². The smallest absolute Gasteiger partial charge is 0.100 e. The van der Waals surface area contributed by atoms with Gasteiger partial charge in [-0.1, -0.05) is 0 Å². The summed E-state index contributed by atoms with van der Waals surface area (Å²) in [7, 11) is 0. The van der Waals surface area contributed by atoms with Gasteiger partial charge >= 0.3 is 0 Å². The monoisotopic (exact) mass is 708 g/mol. The first kappa shape index (κ1) is 28.8. The number of nitriles is 4. The summed E-state index contributed by atoms with van der Waals surface area (Å²) in [6, 6.07) is 32.3. The van der Waals surface area contributed by atoms with Gasteiger partial charge in [0.2, 0.25) is 0 Å². The topological polar surface area (TPSA) is 156 Å². The molecule has 0 saturated heterocycles. The Morgan fingerprint density at radius 2 is 0.786 bits per heavy atom. The molecule has 10 nitrogen and oxygen atoms in total. The standard InChI is InChI=1S/C46H16N10/c47-15-21-1-3-35-27(9-21)29-11-23(17-49)13-31-37-41-42(54-40-26-6-8-52-20-34(26)33-19-51-7-5-25(33)39(40)53-41)38-32-14-24(18-50)12-30-28-10-22(16-48)2-4-36(28)56(44(30)32)46(38)45(37)55(35)43(29)31/h1-14,19-20H. The van der Waals surface area contributed by atoms with Crippen LogP contribution in [0.1, 0.15) is 22.3 Å². The lowest BCUT2D eigenvalue weighted by Crippen LogP contribution is -1.95. The normalized spacial score (nSPS) is 12.2. The zero-order valence-electron chi connectivity index (χ0n) is 28.7. The molecule has 0 amide bonds. The second kappa shape index (κ2) is 9.64. The molecule has 0 aliphatic rings. The van der Waals surface area contributed by atoms with Crippen LogP contribution in [0.3, 0.4) is 0 Å². The van der Waals surface area contributed by atoms with Gasteiger partial charge in [0.15, 0.2) is 0 Å². The van der Waals surface area contributed by atoms with Gasteiger partial charge in [0.05, 0.1) is 90.7 Å². The van der Waals surface area contributed by atoms with Crippen LogP contribution >= 0.6 is 0 Å². The lowest BCUT2D eigenvalue weighted by molar-refractivity contribution is 1.33. The Labute approximate surface area is 312 Å². The lowest BCUT2D eigenvalue weighted by Gasteiger charge is -2.12. The molecular formula is C46H16N10. The summed E-state index contributed by atoms with van der Waals surface area (Å²) in [6.07, 6.45) is 7.20. The number of hydrogen-bond acceptors (Lipinski definition) is 8. The maximum Gasteiger partial charge on any atom is 0.100 e. The van der Waals surface area contributed by atoms with Crippen LogP contribution < -0.4 is 0 Å². The maximum atomic E-state index is 10.4. The van der Waals surface area contributed by atoms with E-state index >= 15 is 0 Å². The van der Waals surface area contributed by atoms with Crippen molar-refractivity contribution < 1.29 is 0 Å². The number of fused-ring (bicyclic) bond motifs is 22. The van der Waals surface area contributed by atoms with Gasteiger partial charge in [0, 0.05) is 89.4 Å². The van der Waals surface area contributed by atoms with Crippen molar-refractivity contribution in [3.05, 3.63) is 120 Å². The quantitative estimate of drug-likeness (QED) is 0.111. The number of nitrogens with zero attached hydrogens (tertiary/aromatic N) is 10. The maximum absolute atomic E-state index is 10.4. The summed E-state index contributed by atoms with van der Waals surface area (Å²) < 4.78 is 4.49. The highest BCUT2D eigenvalue weighted by atomic mass is 15.0. The van der Waals surface area contributed by atoms with Gasteiger partial charge in [-0.05, 0) is 72.8 Å². The van der Waals surface area contributed by atoms with E-state index in [1.807, 2.05) is 85.2 Å². The van der Waals surface area contributed by atoms with Crippen LogP contribution in [0.5, 0.6) is 0 Å². The van der Waals surface area contributed by atoms with Crippen molar-refractivity contribution in [3.63, 3.8) is 0 Å². The van der Waals surface area contributed by atoms with Gasteiger partial charge in [-0.3, -0.25) is 9.97 Å². The van der Waals surface area contributed by atoms with Gasteiger partial charge in [0.25, 0.3) is 0 Å². The first-order valence-electron chi connectivity index (χ1n) is 17.8. The Kier molecular flexibility index (Phi) is 4.96. The molecule has 0 unspecified atom stereocenters. The van der Waals surface area contributed by atoms with E-state index in [2.05, 4.69) is 43.0 Å². The summed E-state index contributed by atoms with van der Waals surface area (Å²) in [4.78, 5) is 20.1. The first-order chi connectivity index (χ1) is 27.6. The first-order valence-corrected chi connectivity index (χ1v) is 17.8. The summed E-state index contributed by atoms with van der Waals surface area (Å²) in [5, 5.41) is 51.1. The minimum absolute atomic E-state index is 0.485. The highest BCUT2D eigenvalue weighted by Gasteiger charge is 2.30. The Morgan fingerprint density at radius 3 is 1.21 bits per heavy atom. The van der Waals surface area contributed by atoms with Crippen LogP contribution in [0.2, 0.25) is 0 Å². The van der Waals surface area contributed by atoms with Crippen molar-refractivity contribution in [2.24, 2.45) is 0 Å². The summed E-state index contributed by atoms with van der Waals surface area (Å²) in [5.41, 5.74) is 10.1. The zero-order chi connectivity index (χ0) is 37.1. The lowest BCUT2D eigenvalue weighted by atomic mass is 9.98. The largest absolute Gasteiger partial charge is 0.306 e. The number of rotatable bonds is 0. The summed E-state index contributed by atoms with van der Waals surface area (Å²) in [6.45, 7) is 0. The Hall–Kier alpha value is -8.70. The highest BCUT2D eigenvalue weighted by molar-refractivity contribution is 6.40. The third-order valence-electron chi connectivity index (χ3n) is 11.7. The van der Waals surface area contributed by atoms with Crippen LogP contribution in [0.4, 0.5) is 0 Å². The van der Waals surface area contributed by atoms with E-state index in [9.17, 15) is 21.0 Å². The minimum atomic E-state index is 0.485. The van der Waals surface area contributed by atoms with Crippen molar-refractivity contribution in [2.45, 2.75) is 0 Å². The Morgan fingerprint density at radius 1 is 0.375 bits per heavy atom. The number of pyridine rings is 2. The fraction of sp³-hybridized carbons (Fsp3) is 0. The molecule has 0 N–H and O–H groups in total. The third kappa shape index (κ3) is 3.18. The third-order valence-corrected chi connectivity index (χ3v) is 11.7. The predicted molar refractivity (Wildman–Crippen MR) is 216 cm³/mol. The minimum Gasteiger partial charge on any atom is -0.306 e. The number of hydrogen-bond donors (Lipinski definition) is 0. The molecule has 0 fully saturated rings. The second-order valence-corrected chi connectivity index (χ2v) is 14.3. The van der Waals surface area contributed by atoms with Gasteiger partial charge in [0.1, 0.15) is 11.0 Å². The van der Waals surface area contributed by atoms with E-state index in [0.717, 1.165) is 97.7 Å². The van der Waals surface area contributed by atoms with Gasteiger partial charge in [-0.15, -0.1) is 0 Å². The molecule has 0 atom stereocenters. The molecule has 250 valence electrons. The summed E-state index contributed by atoms with van der Waals surface area (Å²) in [5.74, 6) is 0. The molecule has 13 rings (SSSR count). The van der Waals surface area contributed by atoms with E-state index in [1.165, 1.54) is 0 Å². The molecule has 0 aliphatic heterocycles. The van der Waals surface area contributed by atoms with Crippen molar-refractivity contribution >= 4 is 120 Å². The molecule has 0 radical (unpaired) electrons. The van der Waals surface area contributed by atoms with Crippen LogP contribution in [-0.2, 0) is 0 Å². The van der Waals surface area contributed by atoms with Crippen molar-refractivity contribution in [1.29, 1.82) is 21.0 Å². The number of benzene rings is 6. The SMILES string of the molecule is N#Cc1ccc2c(c1)c1cc(C#N)cc3c4c5nc6c7ccncc7c7cnccc7c6nc5c5c6cc(C#N)cc7c8cc(C#N)ccc8n(c76)c5c4n2c13. The molecule has 7 heterocycles. The van der Waals surface area contributed by atoms with Crippen LogP contribution in [0.15, 0.2) is 97.6 Å². The van der Waals surface area contributed by atoms with Gasteiger partial charge in [-0.2, -0.15) is 21.0 Å². The second-order valence-electron chi connectivity index (χ2n) is 14.3. The number of aromatic nitrogens is 6. The van der Waals surface area contributed by atoms with E-state index in [1.54, 1.807) is 12.4 Å². The van der Waals surface area contributed by atoms with Gasteiger partial charge in [-0.25, -0.2) is 9.97 Å². The average Bonchev–Trinajstić information content (AvgIpc) is 3.98. The molecule has 10 heteroatoms. The van der Waals surface area contributed by atoms with Crippen LogP contribution in [-0.4, -0.2) is 28.7 Å². The molecular weight excluding hydrogens is 693 g/mol. The molecule has 0 spiro atoms. The zero-order valence-corrected chi connectivity index (χ0v) is 28.7. The Bertz CT molecular complexity index is 3950. The average molecular weight is 709 g/mol. The Balaban J connectivity index is 1.43. The van der Waals surface area contributed by atoms with Crippen LogP contribution in [0.25, 0.3) is 120 Å². The fourth-order valence-electron chi connectivity index (χ4n) is 9.61. The fourth-order valence-corrected chi connectivity index (χ4v) is 9.61. The van der Waals surface area contributed by atoms with Crippen LogP contribution in [0, 0.1) is 45.3 Å². The van der Waals surface area contributed by atoms with Gasteiger partial charge < -0.3 is 8.80 Å². The predicted octanol–water partition coefficient (Wildman–Crippen LogP) is 9.67. The molecule has 0 saturated carbocycles. The molecule has 56 heavy (non-hydrogen) atoms. The molecule has 6 aromatic carbocycles. The van der Waals surface area contributed by atoms with Crippen molar-refractivity contribution in [1.82, 2.24) is 28.7 Å². The molecule has 0 aliphatic carbocycles. The van der Waals surface area contributed by atoms with Crippen molar-refractivity contribution in [2.75, 3.05) is 0 Å². The summed E-state index contributed by atoms with van der Waals surface area (Å²) >= 11 is 0. The van der Waals surface area contributed by atoms with E-state index in [-0.39, 0.29) is 0 Å². The van der Waals surface area contributed by atoms with Crippen molar-refractivity contribution in [3.8, 4) is 24.3 Å². The van der Waals surface area contributed by atoms with E-state index < -0.39 is 0 Å². The molecule has 13 aromatic rings. The van der Waals surface area contributed by atoms with E-state index in [0.29, 0.717) is 44.3 Å². The molecule has 7 aromatic heterocycles. The highest BCUT2D eigenvalue weighted by Crippen LogP contribution is 2.50. The molecule has 0 bridgehead atoms.